The van der Waals surface area contributed by atoms with Crippen LogP contribution in [0.3, 0.4) is 0 Å². The number of carbonyl (C=O) groups is 1. The Kier molecular flexibility index (Phi) is 3.59. The number of rotatable bonds is 5. The van der Waals surface area contributed by atoms with Crippen LogP contribution in [-0.4, -0.2) is 23.2 Å². The zero-order valence-corrected chi connectivity index (χ0v) is 9.74. The summed E-state index contributed by atoms with van der Waals surface area (Å²) < 4.78 is 5.06. The fourth-order valence-corrected chi connectivity index (χ4v) is 1.44. The lowest BCUT2D eigenvalue weighted by Gasteiger charge is -2.16. The van der Waals surface area contributed by atoms with Crippen molar-refractivity contribution in [2.45, 2.75) is 6.54 Å². The molecule has 1 aromatic carbocycles. The lowest BCUT2D eigenvalue weighted by Crippen LogP contribution is -2.21. The lowest BCUT2D eigenvalue weighted by molar-refractivity contribution is 0.0690. The maximum atomic E-state index is 10.7. The zero-order valence-electron chi connectivity index (χ0n) is 9.74. The molecule has 0 saturated carbocycles. The molecule has 0 aliphatic carbocycles. The summed E-state index contributed by atoms with van der Waals surface area (Å²) in [7, 11) is 1.47. The van der Waals surface area contributed by atoms with E-state index in [0.29, 0.717) is 6.54 Å². The maximum absolute atomic E-state index is 10.7. The van der Waals surface area contributed by atoms with Crippen LogP contribution < -0.4 is 5.06 Å². The first kappa shape index (κ1) is 12.1. The number of aromatic nitrogens is 1. The van der Waals surface area contributed by atoms with Gasteiger partial charge in [-0.05, 0) is 5.56 Å². The normalized spacial score (nSPS) is 10.3. The minimum absolute atomic E-state index is 0.110. The van der Waals surface area contributed by atoms with E-state index in [1.54, 1.807) is 0 Å². The number of hydrogen-bond donors (Lipinski definition) is 1. The van der Waals surface area contributed by atoms with E-state index < -0.39 is 5.97 Å². The van der Waals surface area contributed by atoms with Crippen molar-refractivity contribution in [2.75, 3.05) is 12.2 Å². The fourth-order valence-electron chi connectivity index (χ4n) is 1.44. The van der Waals surface area contributed by atoms with Gasteiger partial charge in [0.05, 0.1) is 13.7 Å². The number of anilines is 1. The summed E-state index contributed by atoms with van der Waals surface area (Å²) in [5, 5.41) is 10.1. The topological polar surface area (TPSA) is 75.8 Å². The van der Waals surface area contributed by atoms with Crippen molar-refractivity contribution in [1.29, 1.82) is 0 Å². The number of carboxylic acids is 1. The third kappa shape index (κ3) is 2.67. The van der Waals surface area contributed by atoms with Crippen LogP contribution in [0.1, 0.15) is 16.1 Å². The maximum Gasteiger partial charge on any atom is 0.357 e. The van der Waals surface area contributed by atoms with E-state index in [0.717, 1.165) is 11.8 Å². The molecule has 0 aliphatic rings. The number of nitrogens with zero attached hydrogens (tertiary/aromatic N) is 2. The quantitative estimate of drug-likeness (QED) is 0.815. The summed E-state index contributed by atoms with van der Waals surface area (Å²) in [6.45, 7) is 0.414. The molecule has 0 atom stereocenters. The molecular formula is C12H12N2O4. The van der Waals surface area contributed by atoms with Gasteiger partial charge in [-0.2, -0.15) is 4.98 Å². The first-order chi connectivity index (χ1) is 8.70. The predicted octanol–water partition coefficient (Wildman–Crippen LogP) is 1.94. The summed E-state index contributed by atoms with van der Waals surface area (Å²) in [4.78, 5) is 19.6. The van der Waals surface area contributed by atoms with E-state index in [2.05, 4.69) is 4.98 Å². The molecule has 0 spiro atoms. The molecule has 1 N–H and O–H groups in total. The molecule has 94 valence electrons. The fraction of sp³-hybridized carbons (Fsp3) is 0.167. The van der Waals surface area contributed by atoms with E-state index in [9.17, 15) is 4.79 Å². The van der Waals surface area contributed by atoms with Crippen molar-refractivity contribution < 1.29 is 19.2 Å². The average Bonchev–Trinajstić information content (AvgIpc) is 2.87. The van der Waals surface area contributed by atoms with E-state index in [1.807, 2.05) is 30.3 Å². The number of hydroxylamine groups is 1. The van der Waals surface area contributed by atoms with Crippen LogP contribution in [0.5, 0.6) is 0 Å². The van der Waals surface area contributed by atoms with Gasteiger partial charge < -0.3 is 9.52 Å². The lowest BCUT2D eigenvalue weighted by atomic mass is 10.2. The number of hydrogen-bond acceptors (Lipinski definition) is 5. The molecule has 18 heavy (non-hydrogen) atoms. The Balaban J connectivity index is 2.15. The second-order valence-corrected chi connectivity index (χ2v) is 3.53. The minimum atomic E-state index is -1.14. The van der Waals surface area contributed by atoms with Gasteiger partial charge in [-0.25, -0.2) is 9.86 Å². The van der Waals surface area contributed by atoms with Crippen LogP contribution in [0.4, 0.5) is 6.01 Å². The van der Waals surface area contributed by atoms with Gasteiger partial charge >= 0.3 is 12.0 Å². The van der Waals surface area contributed by atoms with Crippen LogP contribution in [0.25, 0.3) is 0 Å². The highest BCUT2D eigenvalue weighted by molar-refractivity contribution is 5.85. The first-order valence-corrected chi connectivity index (χ1v) is 5.25. The Morgan fingerprint density at radius 2 is 2.17 bits per heavy atom. The second kappa shape index (κ2) is 5.33. The van der Waals surface area contributed by atoms with Gasteiger partial charge in [0, 0.05) is 0 Å². The smallest absolute Gasteiger partial charge is 0.357 e. The zero-order chi connectivity index (χ0) is 13.0. The van der Waals surface area contributed by atoms with Crippen LogP contribution in [0.15, 0.2) is 41.0 Å². The number of benzene rings is 1. The number of aromatic carboxylic acids is 1. The molecule has 2 rings (SSSR count). The number of oxazole rings is 1. The van der Waals surface area contributed by atoms with E-state index >= 15 is 0 Å². The third-order valence-electron chi connectivity index (χ3n) is 2.31. The van der Waals surface area contributed by atoms with Crippen molar-refractivity contribution in [3.63, 3.8) is 0 Å². The Hall–Kier alpha value is -2.34. The highest BCUT2D eigenvalue weighted by Crippen LogP contribution is 2.16. The summed E-state index contributed by atoms with van der Waals surface area (Å²) >= 11 is 0. The molecule has 0 bridgehead atoms. The molecule has 0 aliphatic heterocycles. The van der Waals surface area contributed by atoms with Crippen LogP contribution in [0, 0.1) is 0 Å². The van der Waals surface area contributed by atoms with Crippen molar-refractivity contribution in [3.05, 3.63) is 47.9 Å². The molecule has 2 aromatic rings. The van der Waals surface area contributed by atoms with E-state index in [-0.39, 0.29) is 11.7 Å². The highest BCUT2D eigenvalue weighted by atomic mass is 16.7. The molecule has 0 unspecified atom stereocenters. The minimum Gasteiger partial charge on any atom is -0.476 e. The number of carboxylic acid groups (broad SMARTS) is 1. The van der Waals surface area contributed by atoms with Gasteiger partial charge in [-0.3, -0.25) is 4.84 Å². The summed E-state index contributed by atoms with van der Waals surface area (Å²) in [6.07, 6.45) is 1.08. The summed E-state index contributed by atoms with van der Waals surface area (Å²) in [5.41, 5.74) is 0.842. The Morgan fingerprint density at radius 1 is 1.44 bits per heavy atom. The predicted molar refractivity (Wildman–Crippen MR) is 63.1 cm³/mol. The molecule has 6 nitrogen and oxygen atoms in total. The molecular weight excluding hydrogens is 236 g/mol. The van der Waals surface area contributed by atoms with E-state index in [1.165, 1.54) is 12.2 Å². The molecule has 0 radical (unpaired) electrons. The Morgan fingerprint density at radius 3 is 2.72 bits per heavy atom. The van der Waals surface area contributed by atoms with Crippen LogP contribution >= 0.6 is 0 Å². The Labute approximate surface area is 103 Å². The first-order valence-electron chi connectivity index (χ1n) is 5.25. The SMILES string of the molecule is CON(Cc1ccccc1)c1nc(C(=O)O)co1. The third-order valence-corrected chi connectivity index (χ3v) is 2.31. The standard InChI is InChI=1S/C12H12N2O4/c1-17-14(7-9-5-3-2-4-6-9)12-13-10(8-18-12)11(15)16/h2-6,8H,7H2,1H3,(H,15,16). The molecule has 1 aromatic heterocycles. The van der Waals surface area contributed by atoms with Crippen molar-refractivity contribution in [3.8, 4) is 0 Å². The molecule has 0 saturated heterocycles. The van der Waals surface area contributed by atoms with Gasteiger partial charge in [0.25, 0.3) is 0 Å². The molecule has 0 fully saturated rings. The van der Waals surface area contributed by atoms with Crippen LogP contribution in [0.2, 0.25) is 0 Å². The van der Waals surface area contributed by atoms with E-state index in [4.69, 9.17) is 14.4 Å². The second-order valence-electron chi connectivity index (χ2n) is 3.53. The van der Waals surface area contributed by atoms with Gasteiger partial charge in [-0.15, -0.1) is 0 Å². The van der Waals surface area contributed by atoms with Gasteiger partial charge in [-0.1, -0.05) is 30.3 Å². The highest BCUT2D eigenvalue weighted by Gasteiger charge is 2.16. The van der Waals surface area contributed by atoms with Crippen molar-refractivity contribution in [1.82, 2.24) is 4.98 Å². The van der Waals surface area contributed by atoms with Gasteiger partial charge in [0.1, 0.15) is 6.26 Å². The van der Waals surface area contributed by atoms with Crippen molar-refractivity contribution >= 4 is 12.0 Å². The molecule has 6 heteroatoms. The average molecular weight is 248 g/mol. The van der Waals surface area contributed by atoms with Crippen LogP contribution in [-0.2, 0) is 11.4 Å². The monoisotopic (exact) mass is 248 g/mol. The molecule has 0 amide bonds. The summed E-state index contributed by atoms with van der Waals surface area (Å²) in [6, 6.07) is 9.68. The van der Waals surface area contributed by atoms with Gasteiger partial charge in [0.15, 0.2) is 5.69 Å². The van der Waals surface area contributed by atoms with Gasteiger partial charge in [0.2, 0.25) is 0 Å². The Bertz CT molecular complexity index is 524. The molecule has 1 heterocycles. The van der Waals surface area contributed by atoms with Crippen molar-refractivity contribution in [2.24, 2.45) is 0 Å². The summed E-state index contributed by atoms with van der Waals surface area (Å²) in [5.74, 6) is -1.14. The largest absolute Gasteiger partial charge is 0.476 e.